The lowest BCUT2D eigenvalue weighted by molar-refractivity contribution is -0.156. The van der Waals surface area contributed by atoms with E-state index < -0.39 is 46.0 Å². The van der Waals surface area contributed by atoms with Crippen molar-refractivity contribution in [2.45, 2.75) is 19.0 Å². The number of carbonyl (C=O) groups is 1. The van der Waals surface area contributed by atoms with Gasteiger partial charge in [-0.05, 0) is 12.3 Å². The molecule has 16 heavy (non-hydrogen) atoms. The fourth-order valence-corrected chi connectivity index (χ4v) is 3.67. The molecule has 1 heterocycles. The highest BCUT2D eigenvalue weighted by Crippen LogP contribution is 2.34. The van der Waals surface area contributed by atoms with Crippen molar-refractivity contribution >= 4 is 15.8 Å². The van der Waals surface area contributed by atoms with Crippen LogP contribution in [0.25, 0.3) is 0 Å². The second-order valence-corrected chi connectivity index (χ2v) is 6.16. The average molecular weight is 260 g/mol. The molecule has 1 rings (SSSR count). The molecule has 4 nitrogen and oxygen atoms in total. The topological polar surface area (TPSA) is 71.4 Å². The Morgan fingerprint density at radius 2 is 1.94 bits per heavy atom. The van der Waals surface area contributed by atoms with Crippen molar-refractivity contribution in [3.63, 3.8) is 0 Å². The minimum absolute atomic E-state index is 0.238. The quantitative estimate of drug-likeness (QED) is 0.806. The summed E-state index contributed by atoms with van der Waals surface area (Å²) in [6, 6.07) is 0. The third kappa shape index (κ3) is 3.66. The van der Waals surface area contributed by atoms with E-state index in [4.69, 9.17) is 5.11 Å². The maximum absolute atomic E-state index is 12.1. The molecule has 1 fully saturated rings. The average Bonchev–Trinajstić information content (AvgIpc) is 1.97. The molecule has 0 aromatic rings. The molecule has 0 aromatic heterocycles. The van der Waals surface area contributed by atoms with Gasteiger partial charge >= 0.3 is 12.1 Å². The third-order valence-electron chi connectivity index (χ3n) is 2.59. The Morgan fingerprint density at radius 3 is 2.38 bits per heavy atom. The second kappa shape index (κ2) is 4.23. The summed E-state index contributed by atoms with van der Waals surface area (Å²) < 4.78 is 58.7. The van der Waals surface area contributed by atoms with Crippen LogP contribution in [0.15, 0.2) is 0 Å². The SMILES string of the molecule is O=C(O)C1CCS(=O)(=O)CC1CC(F)(F)F. The molecule has 0 saturated carbocycles. The van der Waals surface area contributed by atoms with E-state index in [9.17, 15) is 26.4 Å². The molecule has 0 spiro atoms. The van der Waals surface area contributed by atoms with E-state index >= 15 is 0 Å². The summed E-state index contributed by atoms with van der Waals surface area (Å²) in [5, 5.41) is 8.71. The summed E-state index contributed by atoms with van der Waals surface area (Å²) in [5.41, 5.74) is 0. The molecular weight excluding hydrogens is 249 g/mol. The minimum atomic E-state index is -4.54. The van der Waals surface area contributed by atoms with Crippen molar-refractivity contribution in [3.8, 4) is 0 Å². The highest BCUT2D eigenvalue weighted by atomic mass is 32.2. The summed E-state index contributed by atoms with van der Waals surface area (Å²) in [6.45, 7) is 0. The zero-order valence-corrected chi connectivity index (χ0v) is 9.01. The summed E-state index contributed by atoms with van der Waals surface area (Å²) in [6.07, 6.45) is -6.13. The van der Waals surface area contributed by atoms with Gasteiger partial charge in [-0.25, -0.2) is 8.42 Å². The standard InChI is InChI=1S/C8H11F3O4S/c9-8(10,11)3-5-4-16(14,15)2-1-6(5)7(12)13/h5-6H,1-4H2,(H,12,13). The third-order valence-corrected chi connectivity index (χ3v) is 4.38. The van der Waals surface area contributed by atoms with Crippen molar-refractivity contribution in [2.75, 3.05) is 11.5 Å². The lowest BCUT2D eigenvalue weighted by atomic mass is 9.88. The number of aliphatic carboxylic acids is 1. The molecular formula is C8H11F3O4S. The van der Waals surface area contributed by atoms with E-state index in [1.54, 1.807) is 0 Å². The van der Waals surface area contributed by atoms with Crippen molar-refractivity contribution in [3.05, 3.63) is 0 Å². The first kappa shape index (κ1) is 13.3. The van der Waals surface area contributed by atoms with Crippen LogP contribution in [-0.4, -0.2) is 37.2 Å². The number of alkyl halides is 3. The smallest absolute Gasteiger partial charge is 0.389 e. The van der Waals surface area contributed by atoms with Crippen LogP contribution < -0.4 is 0 Å². The fourth-order valence-electron chi connectivity index (χ4n) is 1.89. The van der Waals surface area contributed by atoms with Gasteiger partial charge in [0.15, 0.2) is 9.84 Å². The normalized spacial score (nSPS) is 29.9. The molecule has 1 saturated heterocycles. The molecule has 0 aromatic carbocycles. The number of sulfone groups is 1. The first-order chi connectivity index (χ1) is 7.11. The van der Waals surface area contributed by atoms with E-state index in [1.807, 2.05) is 0 Å². The van der Waals surface area contributed by atoms with Gasteiger partial charge in [0.2, 0.25) is 0 Å². The number of carboxylic acids is 1. The number of halogens is 3. The maximum Gasteiger partial charge on any atom is 0.389 e. The molecule has 0 amide bonds. The van der Waals surface area contributed by atoms with Gasteiger partial charge in [0.1, 0.15) is 0 Å². The summed E-state index contributed by atoms with van der Waals surface area (Å²) in [5.74, 6) is -4.98. The zero-order valence-electron chi connectivity index (χ0n) is 8.20. The number of hydrogen-bond donors (Lipinski definition) is 1. The first-order valence-corrected chi connectivity index (χ1v) is 6.43. The van der Waals surface area contributed by atoms with Gasteiger partial charge in [-0.15, -0.1) is 0 Å². The van der Waals surface area contributed by atoms with Gasteiger partial charge in [0.25, 0.3) is 0 Å². The number of hydrogen-bond acceptors (Lipinski definition) is 3. The predicted molar refractivity (Wildman–Crippen MR) is 48.6 cm³/mol. The largest absolute Gasteiger partial charge is 0.481 e. The molecule has 1 N–H and O–H groups in total. The number of rotatable bonds is 2. The van der Waals surface area contributed by atoms with Gasteiger partial charge in [-0.2, -0.15) is 13.2 Å². The Labute approximate surface area is 90.4 Å². The Bertz CT molecular complexity index is 373. The fraction of sp³-hybridized carbons (Fsp3) is 0.875. The van der Waals surface area contributed by atoms with Crippen molar-refractivity contribution in [1.82, 2.24) is 0 Å². The molecule has 0 radical (unpaired) electrons. The highest BCUT2D eigenvalue weighted by Gasteiger charge is 2.43. The Morgan fingerprint density at radius 1 is 1.38 bits per heavy atom. The van der Waals surface area contributed by atoms with Crippen LogP contribution in [0, 0.1) is 11.8 Å². The van der Waals surface area contributed by atoms with E-state index in [0.29, 0.717) is 0 Å². The summed E-state index contributed by atoms with van der Waals surface area (Å²) in [4.78, 5) is 10.7. The second-order valence-electron chi connectivity index (χ2n) is 3.93. The summed E-state index contributed by atoms with van der Waals surface area (Å²) >= 11 is 0. The molecule has 2 atom stereocenters. The highest BCUT2D eigenvalue weighted by molar-refractivity contribution is 7.91. The van der Waals surface area contributed by atoms with Crippen molar-refractivity contribution in [2.24, 2.45) is 11.8 Å². The lowest BCUT2D eigenvalue weighted by Gasteiger charge is -2.28. The van der Waals surface area contributed by atoms with Crippen molar-refractivity contribution < 1.29 is 31.5 Å². The summed E-state index contributed by atoms with van der Waals surface area (Å²) in [7, 11) is -3.53. The Hall–Kier alpha value is -0.790. The van der Waals surface area contributed by atoms with Gasteiger partial charge in [0, 0.05) is 6.42 Å². The van der Waals surface area contributed by atoms with E-state index in [2.05, 4.69) is 0 Å². The first-order valence-electron chi connectivity index (χ1n) is 4.61. The number of carboxylic acid groups (broad SMARTS) is 1. The maximum atomic E-state index is 12.1. The molecule has 1 aliphatic heterocycles. The van der Waals surface area contributed by atoms with Crippen LogP contribution in [0.1, 0.15) is 12.8 Å². The van der Waals surface area contributed by atoms with E-state index in [0.717, 1.165) is 0 Å². The molecule has 94 valence electrons. The van der Waals surface area contributed by atoms with E-state index in [1.165, 1.54) is 0 Å². The zero-order chi connectivity index (χ0) is 12.6. The predicted octanol–water partition coefficient (Wildman–Crippen LogP) is 1.07. The molecule has 2 unspecified atom stereocenters. The Kier molecular flexibility index (Phi) is 3.51. The Balaban J connectivity index is 2.84. The van der Waals surface area contributed by atoms with E-state index in [-0.39, 0.29) is 12.2 Å². The van der Waals surface area contributed by atoms with Crippen LogP contribution in [0.4, 0.5) is 13.2 Å². The monoisotopic (exact) mass is 260 g/mol. The van der Waals surface area contributed by atoms with Gasteiger partial charge in [-0.1, -0.05) is 0 Å². The molecule has 0 aliphatic carbocycles. The van der Waals surface area contributed by atoms with Gasteiger partial charge in [0.05, 0.1) is 17.4 Å². The van der Waals surface area contributed by atoms with Crippen LogP contribution in [-0.2, 0) is 14.6 Å². The molecule has 1 aliphatic rings. The minimum Gasteiger partial charge on any atom is -0.481 e. The van der Waals surface area contributed by atoms with Crippen LogP contribution in [0.2, 0.25) is 0 Å². The van der Waals surface area contributed by atoms with Crippen LogP contribution in [0.3, 0.4) is 0 Å². The van der Waals surface area contributed by atoms with Gasteiger partial charge in [-0.3, -0.25) is 4.79 Å². The molecule has 0 bridgehead atoms. The van der Waals surface area contributed by atoms with Crippen molar-refractivity contribution in [1.29, 1.82) is 0 Å². The van der Waals surface area contributed by atoms with Gasteiger partial charge < -0.3 is 5.11 Å². The lowest BCUT2D eigenvalue weighted by Crippen LogP contribution is -2.39. The van der Waals surface area contributed by atoms with Crippen LogP contribution >= 0.6 is 0 Å². The molecule has 8 heteroatoms. The van der Waals surface area contributed by atoms with Crippen LogP contribution in [0.5, 0.6) is 0 Å².